The molecule has 7 nitrogen and oxygen atoms in total. The molecule has 0 unspecified atom stereocenters. The van der Waals surface area contributed by atoms with Gasteiger partial charge in [0.25, 0.3) is 5.91 Å². The SMILES string of the molecule is COc1ccc2oc(-c3cccc(NC(=S)NC(=O)c4ccc(-c5cccc(Cl)c5Cl)o4)c3)nc2c1. The van der Waals surface area contributed by atoms with Gasteiger partial charge in [0.1, 0.15) is 17.0 Å². The summed E-state index contributed by atoms with van der Waals surface area (Å²) in [5.41, 5.74) is 3.28. The lowest BCUT2D eigenvalue weighted by Gasteiger charge is -2.09. The number of ether oxygens (including phenoxy) is 1. The van der Waals surface area contributed by atoms with E-state index < -0.39 is 5.91 Å². The van der Waals surface area contributed by atoms with Crippen LogP contribution in [0.3, 0.4) is 0 Å². The van der Waals surface area contributed by atoms with E-state index in [0.29, 0.717) is 49.8 Å². The summed E-state index contributed by atoms with van der Waals surface area (Å²) in [6.07, 6.45) is 0. The van der Waals surface area contributed by atoms with Crippen LogP contribution < -0.4 is 15.4 Å². The summed E-state index contributed by atoms with van der Waals surface area (Å²) in [7, 11) is 1.60. The molecule has 5 aromatic rings. The van der Waals surface area contributed by atoms with Crippen molar-refractivity contribution in [2.24, 2.45) is 0 Å². The van der Waals surface area contributed by atoms with Gasteiger partial charge in [0.15, 0.2) is 16.5 Å². The monoisotopic (exact) mass is 537 g/mol. The van der Waals surface area contributed by atoms with Crippen molar-refractivity contribution in [1.29, 1.82) is 0 Å². The Morgan fingerprint density at radius 3 is 2.67 bits per heavy atom. The highest BCUT2D eigenvalue weighted by molar-refractivity contribution is 7.80. The second kappa shape index (κ2) is 10.0. The second-order valence-electron chi connectivity index (χ2n) is 7.61. The van der Waals surface area contributed by atoms with Crippen LogP contribution in [0.5, 0.6) is 5.75 Å². The molecule has 5 rings (SSSR count). The number of carbonyl (C=O) groups is 1. The van der Waals surface area contributed by atoms with E-state index in [0.717, 1.165) is 5.56 Å². The molecule has 0 atom stereocenters. The zero-order valence-corrected chi connectivity index (χ0v) is 21.0. The third-order valence-corrected chi connectivity index (χ3v) is 6.26. The van der Waals surface area contributed by atoms with Gasteiger partial charge in [0.05, 0.1) is 17.2 Å². The smallest absolute Gasteiger partial charge is 0.293 e. The summed E-state index contributed by atoms with van der Waals surface area (Å²) in [4.78, 5) is 17.2. The third kappa shape index (κ3) is 4.92. The molecule has 0 radical (unpaired) electrons. The molecule has 1 amide bonds. The van der Waals surface area contributed by atoms with Crippen LogP contribution in [0.1, 0.15) is 10.6 Å². The standard InChI is InChI=1S/C26H17Cl2N3O4S/c1-33-16-8-9-21-19(13-16)30-25(35-21)14-4-2-5-15(12-14)29-26(36)31-24(32)22-11-10-20(34-22)17-6-3-7-18(27)23(17)28/h2-13H,1H3,(H2,29,31,32,36). The summed E-state index contributed by atoms with van der Waals surface area (Å²) < 4.78 is 16.8. The fourth-order valence-corrected chi connectivity index (χ4v) is 4.12. The quantitative estimate of drug-likeness (QED) is 0.229. The Balaban J connectivity index is 1.27. The van der Waals surface area contributed by atoms with Crippen molar-refractivity contribution in [2.75, 3.05) is 12.4 Å². The van der Waals surface area contributed by atoms with E-state index in [1.165, 1.54) is 6.07 Å². The number of furan rings is 1. The maximum atomic E-state index is 12.7. The molecule has 0 aliphatic heterocycles. The van der Waals surface area contributed by atoms with Gasteiger partial charge in [-0.3, -0.25) is 10.1 Å². The lowest BCUT2D eigenvalue weighted by molar-refractivity contribution is 0.0951. The first-order chi connectivity index (χ1) is 17.4. The highest BCUT2D eigenvalue weighted by atomic mass is 35.5. The fraction of sp³-hybridized carbons (Fsp3) is 0.0385. The number of oxazole rings is 1. The van der Waals surface area contributed by atoms with Crippen molar-refractivity contribution < 1.29 is 18.4 Å². The number of aromatic nitrogens is 1. The van der Waals surface area contributed by atoms with Crippen molar-refractivity contribution in [2.45, 2.75) is 0 Å². The van der Waals surface area contributed by atoms with Crippen molar-refractivity contribution in [3.63, 3.8) is 0 Å². The maximum Gasteiger partial charge on any atom is 0.293 e. The van der Waals surface area contributed by atoms with Crippen LogP contribution in [0, 0.1) is 0 Å². The van der Waals surface area contributed by atoms with Gasteiger partial charge in [-0.2, -0.15) is 0 Å². The van der Waals surface area contributed by atoms with Crippen LogP contribution >= 0.6 is 35.4 Å². The van der Waals surface area contributed by atoms with Crippen LogP contribution in [-0.2, 0) is 0 Å². The number of amides is 1. The van der Waals surface area contributed by atoms with E-state index >= 15 is 0 Å². The zero-order chi connectivity index (χ0) is 25.2. The number of fused-ring (bicyclic) bond motifs is 1. The van der Waals surface area contributed by atoms with E-state index in [9.17, 15) is 4.79 Å². The molecule has 0 saturated heterocycles. The van der Waals surface area contributed by atoms with E-state index in [-0.39, 0.29) is 10.9 Å². The summed E-state index contributed by atoms with van der Waals surface area (Å²) >= 11 is 17.6. The summed E-state index contributed by atoms with van der Waals surface area (Å²) in [5, 5.41) is 6.42. The highest BCUT2D eigenvalue weighted by Gasteiger charge is 2.16. The van der Waals surface area contributed by atoms with Crippen molar-refractivity contribution in [3.8, 4) is 28.5 Å². The average Bonchev–Trinajstić information content (AvgIpc) is 3.53. The minimum atomic E-state index is -0.513. The molecule has 2 heterocycles. The molecule has 0 aliphatic rings. The molecule has 180 valence electrons. The van der Waals surface area contributed by atoms with E-state index in [1.54, 1.807) is 49.6 Å². The Morgan fingerprint density at radius 2 is 1.83 bits per heavy atom. The van der Waals surface area contributed by atoms with Gasteiger partial charge in [-0.25, -0.2) is 4.98 Å². The highest BCUT2D eigenvalue weighted by Crippen LogP contribution is 2.34. The molecule has 2 aromatic heterocycles. The van der Waals surface area contributed by atoms with Crippen LogP contribution in [-0.4, -0.2) is 23.1 Å². The number of halogens is 2. The Labute approximate surface area is 221 Å². The number of nitrogens with zero attached hydrogens (tertiary/aromatic N) is 1. The minimum absolute atomic E-state index is 0.0702. The van der Waals surface area contributed by atoms with E-state index in [1.807, 2.05) is 24.3 Å². The Hall–Kier alpha value is -3.85. The normalized spacial score (nSPS) is 10.9. The molecule has 2 N–H and O–H groups in total. The Morgan fingerprint density at radius 1 is 1.00 bits per heavy atom. The van der Waals surface area contributed by atoms with Gasteiger partial charge in [-0.05, 0) is 66.8 Å². The number of rotatable bonds is 5. The molecule has 10 heteroatoms. The van der Waals surface area contributed by atoms with Crippen molar-refractivity contribution in [1.82, 2.24) is 10.3 Å². The first-order valence-corrected chi connectivity index (χ1v) is 11.8. The van der Waals surface area contributed by atoms with Gasteiger partial charge in [0, 0.05) is 22.9 Å². The second-order valence-corrected chi connectivity index (χ2v) is 8.80. The minimum Gasteiger partial charge on any atom is -0.497 e. The lowest BCUT2D eigenvalue weighted by Crippen LogP contribution is -2.33. The molecule has 0 saturated carbocycles. The van der Waals surface area contributed by atoms with Crippen LogP contribution in [0.2, 0.25) is 10.0 Å². The summed E-state index contributed by atoms with van der Waals surface area (Å²) in [5.74, 6) is 1.11. The first-order valence-electron chi connectivity index (χ1n) is 10.6. The Bertz CT molecular complexity index is 1610. The predicted molar refractivity (Wildman–Crippen MR) is 144 cm³/mol. The molecule has 0 spiro atoms. The van der Waals surface area contributed by atoms with Crippen LogP contribution in [0.15, 0.2) is 81.6 Å². The number of anilines is 1. The number of nitrogens with one attached hydrogen (secondary N) is 2. The van der Waals surface area contributed by atoms with E-state index in [4.69, 9.17) is 49.0 Å². The van der Waals surface area contributed by atoms with E-state index in [2.05, 4.69) is 15.6 Å². The molecule has 3 aromatic carbocycles. The topological polar surface area (TPSA) is 89.5 Å². The maximum absolute atomic E-state index is 12.7. The Kier molecular flexibility index (Phi) is 6.65. The fourth-order valence-electron chi connectivity index (χ4n) is 3.51. The van der Waals surface area contributed by atoms with Gasteiger partial charge in [0.2, 0.25) is 5.89 Å². The molecule has 0 bridgehead atoms. The molecule has 0 fully saturated rings. The zero-order valence-electron chi connectivity index (χ0n) is 18.7. The summed E-state index contributed by atoms with van der Waals surface area (Å²) in [6.45, 7) is 0. The lowest BCUT2D eigenvalue weighted by atomic mass is 10.2. The predicted octanol–water partition coefficient (Wildman–Crippen LogP) is 7.20. The number of hydrogen-bond donors (Lipinski definition) is 2. The molecule has 0 aliphatic carbocycles. The molecular formula is C26H17Cl2N3O4S. The van der Waals surface area contributed by atoms with Crippen molar-refractivity contribution in [3.05, 3.63) is 88.6 Å². The first kappa shape index (κ1) is 23.9. The van der Waals surface area contributed by atoms with Gasteiger partial charge in [-0.1, -0.05) is 35.3 Å². The number of thiocarbonyl (C=S) groups is 1. The van der Waals surface area contributed by atoms with Crippen LogP contribution in [0.4, 0.5) is 5.69 Å². The van der Waals surface area contributed by atoms with Gasteiger partial charge >= 0.3 is 0 Å². The number of carbonyl (C=O) groups excluding carboxylic acids is 1. The number of hydrogen-bond acceptors (Lipinski definition) is 6. The van der Waals surface area contributed by atoms with Gasteiger partial charge < -0.3 is 18.9 Å². The third-order valence-electron chi connectivity index (χ3n) is 5.24. The average molecular weight is 538 g/mol. The summed E-state index contributed by atoms with van der Waals surface area (Å²) in [6, 6.07) is 21.1. The van der Waals surface area contributed by atoms with Crippen LogP contribution in [0.25, 0.3) is 33.9 Å². The number of methoxy groups -OCH3 is 1. The molecular weight excluding hydrogens is 521 g/mol. The molecule has 36 heavy (non-hydrogen) atoms. The van der Waals surface area contributed by atoms with Crippen molar-refractivity contribution >= 4 is 63.2 Å². The van der Waals surface area contributed by atoms with Gasteiger partial charge in [-0.15, -0.1) is 0 Å². The number of benzene rings is 3. The largest absolute Gasteiger partial charge is 0.497 e.